The lowest BCUT2D eigenvalue weighted by molar-refractivity contribution is -0.148. The maximum atomic E-state index is 12.9. The Hall–Kier alpha value is -2.22. The van der Waals surface area contributed by atoms with Gasteiger partial charge in [0.1, 0.15) is 5.41 Å². The lowest BCUT2D eigenvalue weighted by Crippen LogP contribution is -2.55. The van der Waals surface area contributed by atoms with Crippen LogP contribution in [-0.4, -0.2) is 84.9 Å². The quantitative estimate of drug-likeness (QED) is 0.552. The molecule has 2 heterocycles. The van der Waals surface area contributed by atoms with Gasteiger partial charge in [0, 0.05) is 45.1 Å². The van der Waals surface area contributed by atoms with Crippen molar-refractivity contribution in [3.05, 3.63) is 18.5 Å². The van der Waals surface area contributed by atoms with Gasteiger partial charge in [-0.2, -0.15) is 0 Å². The van der Waals surface area contributed by atoms with Gasteiger partial charge in [-0.1, -0.05) is 0 Å². The highest BCUT2D eigenvalue weighted by molar-refractivity contribution is 6.04. The molecule has 1 N–H and O–H groups in total. The Balaban J connectivity index is 1.84. The minimum atomic E-state index is -1.07. The number of amides is 2. The van der Waals surface area contributed by atoms with E-state index in [1.54, 1.807) is 37.2 Å². The van der Waals surface area contributed by atoms with Crippen molar-refractivity contribution in [2.75, 3.05) is 58.3 Å². The summed E-state index contributed by atoms with van der Waals surface area (Å²) in [4.78, 5) is 39.7. The summed E-state index contributed by atoms with van der Waals surface area (Å²) in [5.74, 6) is 0.337. The van der Waals surface area contributed by atoms with Crippen LogP contribution in [0.4, 0.5) is 5.95 Å². The highest BCUT2D eigenvalue weighted by Gasteiger charge is 2.39. The first-order chi connectivity index (χ1) is 12.3. The van der Waals surface area contributed by atoms with E-state index in [4.69, 9.17) is 0 Å². The van der Waals surface area contributed by atoms with E-state index in [1.165, 1.54) is 0 Å². The number of anilines is 1. The second kappa shape index (κ2) is 8.93. The number of carbonyl (C=O) groups excluding carboxylic acids is 2. The standard InChI is InChI=1S/C18H30N6O2/c1-18(2,15(25)19-9-6-10-22(3)4)16(26)23-11-13-24(14-12-23)17-20-7-5-8-21-17/h5,7-8H,6,9-14H2,1-4H3,(H,19,25). The minimum Gasteiger partial charge on any atom is -0.355 e. The maximum Gasteiger partial charge on any atom is 0.237 e. The van der Waals surface area contributed by atoms with Gasteiger partial charge in [0.2, 0.25) is 17.8 Å². The van der Waals surface area contributed by atoms with Crippen LogP contribution in [-0.2, 0) is 9.59 Å². The minimum absolute atomic E-state index is 0.128. The van der Waals surface area contributed by atoms with Crippen molar-refractivity contribution >= 4 is 17.8 Å². The molecule has 26 heavy (non-hydrogen) atoms. The van der Waals surface area contributed by atoms with E-state index in [9.17, 15) is 9.59 Å². The smallest absolute Gasteiger partial charge is 0.237 e. The Morgan fingerprint density at radius 3 is 2.35 bits per heavy atom. The molecule has 1 aliphatic rings. The number of hydrogen-bond donors (Lipinski definition) is 1. The molecule has 0 unspecified atom stereocenters. The summed E-state index contributed by atoms with van der Waals surface area (Å²) >= 11 is 0. The number of nitrogens with one attached hydrogen (secondary N) is 1. The monoisotopic (exact) mass is 362 g/mol. The van der Waals surface area contributed by atoms with Gasteiger partial charge in [0.15, 0.2) is 0 Å². The number of carbonyl (C=O) groups is 2. The first-order valence-corrected chi connectivity index (χ1v) is 9.06. The zero-order valence-electron chi connectivity index (χ0n) is 16.2. The largest absolute Gasteiger partial charge is 0.355 e. The Bertz CT molecular complexity index is 597. The van der Waals surface area contributed by atoms with Crippen LogP contribution in [0.2, 0.25) is 0 Å². The molecule has 0 saturated carbocycles. The van der Waals surface area contributed by atoms with Crippen LogP contribution in [0, 0.1) is 5.41 Å². The van der Waals surface area contributed by atoms with Gasteiger partial charge in [-0.15, -0.1) is 0 Å². The molecule has 2 rings (SSSR count). The van der Waals surface area contributed by atoms with Crippen molar-refractivity contribution < 1.29 is 9.59 Å². The number of aromatic nitrogens is 2. The summed E-state index contributed by atoms with van der Waals surface area (Å²) in [7, 11) is 3.99. The topological polar surface area (TPSA) is 81.7 Å². The normalized spacial score (nSPS) is 15.3. The summed E-state index contributed by atoms with van der Waals surface area (Å²) in [5, 5.41) is 2.89. The van der Waals surface area contributed by atoms with Crippen molar-refractivity contribution in [1.29, 1.82) is 0 Å². The molecule has 2 amide bonds. The second-order valence-corrected chi connectivity index (χ2v) is 7.37. The highest BCUT2D eigenvalue weighted by Crippen LogP contribution is 2.21. The molecular weight excluding hydrogens is 332 g/mol. The molecule has 1 saturated heterocycles. The molecule has 144 valence electrons. The van der Waals surface area contributed by atoms with E-state index >= 15 is 0 Å². The average Bonchev–Trinajstić information content (AvgIpc) is 2.65. The van der Waals surface area contributed by atoms with E-state index < -0.39 is 5.41 Å². The molecule has 0 bridgehead atoms. The van der Waals surface area contributed by atoms with E-state index in [0.29, 0.717) is 38.7 Å². The maximum absolute atomic E-state index is 12.9. The summed E-state index contributed by atoms with van der Waals surface area (Å²) in [6.45, 7) is 7.33. The first kappa shape index (κ1) is 20.1. The van der Waals surface area contributed by atoms with Crippen LogP contribution in [0.15, 0.2) is 18.5 Å². The number of hydrogen-bond acceptors (Lipinski definition) is 6. The fourth-order valence-corrected chi connectivity index (χ4v) is 2.87. The zero-order valence-corrected chi connectivity index (χ0v) is 16.2. The molecule has 0 aromatic carbocycles. The summed E-state index contributed by atoms with van der Waals surface area (Å²) in [6.07, 6.45) is 4.28. The SMILES string of the molecule is CN(C)CCCNC(=O)C(C)(C)C(=O)N1CCN(c2ncccn2)CC1. The lowest BCUT2D eigenvalue weighted by Gasteiger charge is -2.38. The van der Waals surface area contributed by atoms with Crippen molar-refractivity contribution in [1.82, 2.24) is 25.1 Å². The van der Waals surface area contributed by atoms with Gasteiger partial charge < -0.3 is 20.0 Å². The summed E-state index contributed by atoms with van der Waals surface area (Å²) in [6, 6.07) is 1.78. The van der Waals surface area contributed by atoms with Crippen molar-refractivity contribution in [2.45, 2.75) is 20.3 Å². The molecule has 1 aliphatic heterocycles. The number of rotatable bonds is 7. The molecular formula is C18H30N6O2. The van der Waals surface area contributed by atoms with Gasteiger partial charge in [-0.25, -0.2) is 9.97 Å². The fourth-order valence-electron chi connectivity index (χ4n) is 2.87. The molecule has 0 radical (unpaired) electrons. The third-order valence-electron chi connectivity index (χ3n) is 4.57. The van der Waals surface area contributed by atoms with Crippen molar-refractivity contribution in [3.63, 3.8) is 0 Å². The third-order valence-corrected chi connectivity index (χ3v) is 4.57. The van der Waals surface area contributed by atoms with Gasteiger partial charge in [0.05, 0.1) is 0 Å². The zero-order chi connectivity index (χ0) is 19.2. The van der Waals surface area contributed by atoms with Gasteiger partial charge >= 0.3 is 0 Å². The van der Waals surface area contributed by atoms with E-state index in [2.05, 4.69) is 25.1 Å². The molecule has 8 nitrogen and oxygen atoms in total. The van der Waals surface area contributed by atoms with E-state index in [-0.39, 0.29) is 11.8 Å². The van der Waals surface area contributed by atoms with Gasteiger partial charge in [0.25, 0.3) is 0 Å². The van der Waals surface area contributed by atoms with Crippen molar-refractivity contribution in [3.8, 4) is 0 Å². The molecule has 1 fully saturated rings. The number of piperazine rings is 1. The van der Waals surface area contributed by atoms with Crippen LogP contribution in [0.5, 0.6) is 0 Å². The van der Waals surface area contributed by atoms with Crippen molar-refractivity contribution in [2.24, 2.45) is 5.41 Å². The van der Waals surface area contributed by atoms with Gasteiger partial charge in [-0.3, -0.25) is 9.59 Å². The molecule has 1 aromatic rings. The van der Waals surface area contributed by atoms with Crippen LogP contribution >= 0.6 is 0 Å². The Kier molecular flexibility index (Phi) is 6.90. The highest BCUT2D eigenvalue weighted by atomic mass is 16.2. The predicted octanol–water partition coefficient (Wildman–Crippen LogP) is 0.219. The molecule has 1 aromatic heterocycles. The van der Waals surface area contributed by atoms with Crippen LogP contribution in [0.25, 0.3) is 0 Å². The van der Waals surface area contributed by atoms with E-state index in [0.717, 1.165) is 13.0 Å². The Morgan fingerprint density at radius 2 is 1.77 bits per heavy atom. The molecule has 0 atom stereocenters. The Morgan fingerprint density at radius 1 is 1.15 bits per heavy atom. The van der Waals surface area contributed by atoms with Crippen LogP contribution < -0.4 is 10.2 Å². The van der Waals surface area contributed by atoms with Crippen LogP contribution in [0.3, 0.4) is 0 Å². The third kappa shape index (κ3) is 5.14. The van der Waals surface area contributed by atoms with E-state index in [1.807, 2.05) is 14.1 Å². The molecule has 8 heteroatoms. The lowest BCUT2D eigenvalue weighted by atomic mass is 9.90. The fraction of sp³-hybridized carbons (Fsp3) is 0.667. The molecule has 0 aliphatic carbocycles. The predicted molar refractivity (Wildman–Crippen MR) is 101 cm³/mol. The molecule has 0 spiro atoms. The second-order valence-electron chi connectivity index (χ2n) is 7.37. The Labute approximate surface area is 155 Å². The summed E-state index contributed by atoms with van der Waals surface area (Å²) < 4.78 is 0. The van der Waals surface area contributed by atoms with Crippen LogP contribution in [0.1, 0.15) is 20.3 Å². The first-order valence-electron chi connectivity index (χ1n) is 9.06. The average molecular weight is 362 g/mol. The van der Waals surface area contributed by atoms with Gasteiger partial charge in [-0.05, 0) is 47.0 Å². The number of nitrogens with zero attached hydrogens (tertiary/aromatic N) is 5. The summed E-state index contributed by atoms with van der Waals surface area (Å²) in [5.41, 5.74) is -1.07.